The Labute approximate surface area is 352 Å². The zero-order chi connectivity index (χ0) is 40.1. The van der Waals surface area contributed by atoms with E-state index < -0.39 is 10.8 Å². The molecule has 284 valence electrons. The minimum Gasteiger partial charge on any atom is -0.310 e. The van der Waals surface area contributed by atoms with Crippen molar-refractivity contribution in [2.75, 3.05) is 4.90 Å². The Kier molecular flexibility index (Phi) is 7.47. The maximum Gasteiger partial charge on any atom is 0.0720 e. The van der Waals surface area contributed by atoms with E-state index in [9.17, 15) is 0 Å². The van der Waals surface area contributed by atoms with Crippen LogP contribution in [0.2, 0.25) is 0 Å². The second-order valence-electron chi connectivity index (χ2n) is 17.1. The second kappa shape index (κ2) is 12.9. The smallest absolute Gasteiger partial charge is 0.0720 e. The van der Waals surface area contributed by atoms with Crippen LogP contribution >= 0.6 is 0 Å². The van der Waals surface area contributed by atoms with Gasteiger partial charge in [0.1, 0.15) is 0 Å². The highest BCUT2D eigenvalue weighted by Crippen LogP contribution is 2.64. The van der Waals surface area contributed by atoms with Gasteiger partial charge >= 0.3 is 0 Å². The fourth-order valence-corrected chi connectivity index (χ4v) is 11.7. The summed E-state index contributed by atoms with van der Waals surface area (Å²) in [7, 11) is 0. The molecule has 0 fully saturated rings. The molecule has 0 N–H and O–H groups in total. The van der Waals surface area contributed by atoms with Crippen LogP contribution in [-0.2, 0) is 16.2 Å². The lowest BCUT2D eigenvalue weighted by molar-refractivity contribution is 0.563. The molecule has 0 saturated carbocycles. The Hall–Kier alpha value is -7.22. The molecule has 0 saturated heterocycles. The molecule has 60 heavy (non-hydrogen) atoms. The first-order chi connectivity index (χ1) is 29.6. The Morgan fingerprint density at radius 3 is 1.35 bits per heavy atom. The Morgan fingerprint density at radius 1 is 0.300 bits per heavy atom. The van der Waals surface area contributed by atoms with Crippen LogP contribution in [0.4, 0.5) is 17.1 Å². The van der Waals surface area contributed by atoms with E-state index in [1.165, 1.54) is 83.6 Å². The fraction of sp³-hybridized carbons (Fsp3) is 0.0847. The van der Waals surface area contributed by atoms with Gasteiger partial charge in [-0.05, 0) is 103 Å². The molecule has 3 aliphatic rings. The van der Waals surface area contributed by atoms with E-state index in [1.807, 2.05) is 0 Å². The number of fused-ring (bicyclic) bond motifs is 12. The van der Waals surface area contributed by atoms with Crippen LogP contribution in [0.5, 0.6) is 0 Å². The lowest BCUT2D eigenvalue weighted by atomic mass is 9.55. The molecule has 0 heterocycles. The van der Waals surface area contributed by atoms with Crippen LogP contribution in [0.25, 0.3) is 22.3 Å². The molecule has 3 aliphatic carbocycles. The number of para-hydroxylation sites is 1. The molecule has 0 aromatic heterocycles. The van der Waals surface area contributed by atoms with Crippen molar-refractivity contribution in [2.24, 2.45) is 0 Å². The van der Waals surface area contributed by atoms with Crippen LogP contribution in [0.3, 0.4) is 0 Å². The van der Waals surface area contributed by atoms with Crippen molar-refractivity contribution in [1.29, 1.82) is 0 Å². The molecule has 9 aromatic rings. The van der Waals surface area contributed by atoms with Crippen molar-refractivity contribution in [2.45, 2.75) is 30.1 Å². The second-order valence-corrected chi connectivity index (χ2v) is 17.1. The third-order valence-electron chi connectivity index (χ3n) is 14.0. The summed E-state index contributed by atoms with van der Waals surface area (Å²) in [5, 5.41) is 0. The molecule has 0 unspecified atom stereocenters. The van der Waals surface area contributed by atoms with Crippen LogP contribution in [0.15, 0.2) is 224 Å². The summed E-state index contributed by atoms with van der Waals surface area (Å²) >= 11 is 0. The molecule has 9 aromatic carbocycles. The minimum atomic E-state index is -0.477. The zero-order valence-electron chi connectivity index (χ0n) is 33.8. The minimum absolute atomic E-state index is 0.154. The van der Waals surface area contributed by atoms with Gasteiger partial charge in [0.2, 0.25) is 0 Å². The standard InChI is InChI=1S/C59H43N/c1-57(2)50-31-16-18-33-52(50)59(53-34-19-17-32-51(53)57)48-30-15-13-28-45(48)56-54(59)35-20-36-55(56)60(42-25-10-5-11-26-42)43-37-38-49-46(39-43)44-27-12-14-29-47(44)58(49,40-21-6-3-7-22-40)41-23-8-4-9-24-41/h3-39H,1-2H3. The van der Waals surface area contributed by atoms with Gasteiger partial charge in [0, 0.05) is 22.4 Å². The van der Waals surface area contributed by atoms with Crippen molar-refractivity contribution in [3.05, 3.63) is 280 Å². The highest BCUT2D eigenvalue weighted by molar-refractivity contribution is 5.99. The summed E-state index contributed by atoms with van der Waals surface area (Å²) in [6.07, 6.45) is 0. The van der Waals surface area contributed by atoms with Crippen LogP contribution in [-0.4, -0.2) is 0 Å². The van der Waals surface area contributed by atoms with Gasteiger partial charge in [-0.15, -0.1) is 0 Å². The Balaban J connectivity index is 1.15. The van der Waals surface area contributed by atoms with Gasteiger partial charge in [0.25, 0.3) is 0 Å². The summed E-state index contributed by atoms with van der Waals surface area (Å²) in [6.45, 7) is 4.78. The molecule has 12 rings (SSSR count). The van der Waals surface area contributed by atoms with Crippen molar-refractivity contribution in [3.8, 4) is 22.3 Å². The summed E-state index contributed by atoms with van der Waals surface area (Å²) in [6, 6.07) is 84.0. The Morgan fingerprint density at radius 2 is 0.750 bits per heavy atom. The number of nitrogens with zero attached hydrogens (tertiary/aromatic N) is 1. The van der Waals surface area contributed by atoms with Gasteiger partial charge in [-0.25, -0.2) is 0 Å². The molecule has 0 radical (unpaired) electrons. The van der Waals surface area contributed by atoms with Crippen LogP contribution < -0.4 is 4.90 Å². The van der Waals surface area contributed by atoms with E-state index >= 15 is 0 Å². The van der Waals surface area contributed by atoms with E-state index in [1.54, 1.807) is 0 Å². The Bertz CT molecular complexity index is 3030. The molecule has 0 aliphatic heterocycles. The van der Waals surface area contributed by atoms with Crippen LogP contribution in [0.1, 0.15) is 69.5 Å². The molecule has 0 bridgehead atoms. The predicted octanol–water partition coefficient (Wildman–Crippen LogP) is 14.5. The van der Waals surface area contributed by atoms with Gasteiger partial charge in [-0.3, -0.25) is 0 Å². The number of anilines is 3. The molecule has 1 spiro atoms. The average Bonchev–Trinajstić information content (AvgIpc) is 3.78. The predicted molar refractivity (Wildman–Crippen MR) is 248 cm³/mol. The number of rotatable bonds is 5. The molecule has 0 atom stereocenters. The van der Waals surface area contributed by atoms with Crippen molar-refractivity contribution in [1.82, 2.24) is 0 Å². The molecule has 0 amide bonds. The normalized spacial score (nSPS) is 15.2. The van der Waals surface area contributed by atoms with Gasteiger partial charge in [-0.1, -0.05) is 208 Å². The van der Waals surface area contributed by atoms with Crippen molar-refractivity contribution < 1.29 is 0 Å². The highest BCUT2D eigenvalue weighted by Gasteiger charge is 2.54. The number of hydrogen-bond acceptors (Lipinski definition) is 1. The lowest BCUT2D eigenvalue weighted by Crippen LogP contribution is -2.40. The van der Waals surface area contributed by atoms with E-state index in [0.29, 0.717) is 0 Å². The topological polar surface area (TPSA) is 3.24 Å². The first-order valence-electron chi connectivity index (χ1n) is 21.2. The molecule has 1 heteroatoms. The molecule has 1 nitrogen and oxygen atoms in total. The maximum absolute atomic E-state index is 2.51. The first kappa shape index (κ1) is 34.8. The van der Waals surface area contributed by atoms with E-state index in [4.69, 9.17) is 0 Å². The molecular weight excluding hydrogens is 723 g/mol. The lowest BCUT2D eigenvalue weighted by Gasteiger charge is -2.46. The first-order valence-corrected chi connectivity index (χ1v) is 21.2. The SMILES string of the molecule is CC1(C)c2ccccc2C2(c3ccccc3-c3c(N(c4ccccc4)c4ccc5c(c4)-c4ccccc4C5(c4ccccc4)c4ccccc4)cccc32)c2ccccc21. The van der Waals surface area contributed by atoms with Crippen molar-refractivity contribution in [3.63, 3.8) is 0 Å². The summed E-state index contributed by atoms with van der Waals surface area (Å²) in [5.74, 6) is 0. The third kappa shape index (κ3) is 4.47. The number of hydrogen-bond donors (Lipinski definition) is 0. The maximum atomic E-state index is 2.51. The summed E-state index contributed by atoms with van der Waals surface area (Å²) in [4.78, 5) is 2.51. The van der Waals surface area contributed by atoms with Crippen molar-refractivity contribution >= 4 is 17.1 Å². The summed E-state index contributed by atoms with van der Waals surface area (Å²) < 4.78 is 0. The monoisotopic (exact) mass is 765 g/mol. The van der Waals surface area contributed by atoms with E-state index in [2.05, 4.69) is 243 Å². The van der Waals surface area contributed by atoms with Gasteiger partial charge in [-0.2, -0.15) is 0 Å². The van der Waals surface area contributed by atoms with Gasteiger partial charge in [0.15, 0.2) is 0 Å². The molecular formula is C59H43N. The summed E-state index contributed by atoms with van der Waals surface area (Å²) in [5.41, 5.74) is 20.8. The fourth-order valence-electron chi connectivity index (χ4n) is 11.7. The largest absolute Gasteiger partial charge is 0.310 e. The average molecular weight is 766 g/mol. The third-order valence-corrected chi connectivity index (χ3v) is 14.0. The van der Waals surface area contributed by atoms with Gasteiger partial charge < -0.3 is 4.90 Å². The van der Waals surface area contributed by atoms with E-state index in [0.717, 1.165) is 11.4 Å². The highest BCUT2D eigenvalue weighted by atomic mass is 15.1. The zero-order valence-corrected chi connectivity index (χ0v) is 33.8. The quantitative estimate of drug-likeness (QED) is 0.169. The van der Waals surface area contributed by atoms with Gasteiger partial charge in [0.05, 0.1) is 16.5 Å². The van der Waals surface area contributed by atoms with Crippen LogP contribution in [0, 0.1) is 0 Å². The van der Waals surface area contributed by atoms with E-state index in [-0.39, 0.29) is 5.41 Å². The number of benzene rings is 9.